The number of likely N-dealkylation sites (tertiary alicyclic amines) is 1. The fourth-order valence-electron chi connectivity index (χ4n) is 2.56. The van der Waals surface area contributed by atoms with Gasteiger partial charge in [0.15, 0.2) is 6.61 Å². The number of rotatable bonds is 4. The largest absolute Gasteiger partial charge is 0.484 e. The van der Waals surface area contributed by atoms with Gasteiger partial charge in [-0.05, 0) is 80.5 Å². The first-order chi connectivity index (χ1) is 11.7. The van der Waals surface area contributed by atoms with Gasteiger partial charge in [-0.2, -0.15) is 0 Å². The molecule has 1 aliphatic rings. The number of hydrogen-bond acceptors (Lipinski definition) is 4. The lowest BCUT2D eigenvalue weighted by Crippen LogP contribution is -2.51. The molecule has 25 heavy (non-hydrogen) atoms. The van der Waals surface area contributed by atoms with E-state index in [1.54, 1.807) is 4.90 Å². The Hall–Kier alpha value is -1.51. The molecule has 1 aromatic rings. The van der Waals surface area contributed by atoms with Crippen LogP contribution in [-0.4, -0.2) is 48.2 Å². The summed E-state index contributed by atoms with van der Waals surface area (Å²) in [4.78, 5) is 26.0. The van der Waals surface area contributed by atoms with Crippen LogP contribution in [0.5, 0.6) is 5.75 Å². The monoisotopic (exact) mass is 460 g/mol. The van der Waals surface area contributed by atoms with Crippen LogP contribution in [0.2, 0.25) is 0 Å². The van der Waals surface area contributed by atoms with E-state index in [2.05, 4.69) is 27.9 Å². The van der Waals surface area contributed by atoms with Crippen LogP contribution in [0.3, 0.4) is 0 Å². The van der Waals surface area contributed by atoms with E-state index in [-0.39, 0.29) is 18.6 Å². The number of nitrogens with one attached hydrogen (secondary N) is 1. The van der Waals surface area contributed by atoms with E-state index in [0.717, 1.165) is 16.4 Å². The molecule has 7 heteroatoms. The van der Waals surface area contributed by atoms with Crippen molar-refractivity contribution in [3.05, 3.63) is 27.8 Å². The standard InChI is InChI=1S/C18H25IN2O4/c1-18(2,3)25-17(23)20-14-5-4-10-21(11-14)16(22)12-24-15-8-6-13(19)7-9-15/h6-9,14H,4-5,10-12H2,1-3H3,(H,20,23)/t14-/m0/s1. The maximum atomic E-state index is 12.4. The van der Waals surface area contributed by atoms with Gasteiger partial charge in [0.25, 0.3) is 5.91 Å². The number of ether oxygens (including phenoxy) is 2. The zero-order valence-electron chi connectivity index (χ0n) is 14.9. The highest BCUT2D eigenvalue weighted by atomic mass is 127. The van der Waals surface area contributed by atoms with Crippen LogP contribution < -0.4 is 10.1 Å². The minimum Gasteiger partial charge on any atom is -0.484 e. The lowest BCUT2D eigenvalue weighted by atomic mass is 10.1. The summed E-state index contributed by atoms with van der Waals surface area (Å²) in [6.07, 6.45) is 1.23. The highest BCUT2D eigenvalue weighted by Gasteiger charge is 2.26. The third kappa shape index (κ3) is 7.09. The van der Waals surface area contributed by atoms with Gasteiger partial charge in [-0.1, -0.05) is 0 Å². The fraction of sp³-hybridized carbons (Fsp3) is 0.556. The first-order valence-corrected chi connectivity index (χ1v) is 9.46. The van der Waals surface area contributed by atoms with Gasteiger partial charge in [-0.25, -0.2) is 4.79 Å². The lowest BCUT2D eigenvalue weighted by Gasteiger charge is -2.33. The molecule has 0 bridgehead atoms. The second-order valence-corrected chi connectivity index (χ2v) is 8.31. The molecule has 0 unspecified atom stereocenters. The fourth-order valence-corrected chi connectivity index (χ4v) is 2.92. The Morgan fingerprint density at radius 2 is 1.96 bits per heavy atom. The van der Waals surface area contributed by atoms with Gasteiger partial charge in [0.2, 0.25) is 0 Å². The van der Waals surface area contributed by atoms with Crippen molar-refractivity contribution in [2.75, 3.05) is 19.7 Å². The highest BCUT2D eigenvalue weighted by molar-refractivity contribution is 14.1. The van der Waals surface area contributed by atoms with Crippen molar-refractivity contribution in [1.82, 2.24) is 10.2 Å². The molecule has 2 rings (SSSR count). The lowest BCUT2D eigenvalue weighted by molar-refractivity contribution is -0.134. The zero-order valence-corrected chi connectivity index (χ0v) is 17.0. The Morgan fingerprint density at radius 1 is 1.28 bits per heavy atom. The van der Waals surface area contributed by atoms with Crippen molar-refractivity contribution >= 4 is 34.6 Å². The predicted molar refractivity (Wildman–Crippen MR) is 104 cm³/mol. The molecule has 1 aromatic carbocycles. The van der Waals surface area contributed by atoms with E-state index in [1.165, 1.54) is 0 Å². The molecule has 1 heterocycles. The smallest absolute Gasteiger partial charge is 0.407 e. The van der Waals surface area contributed by atoms with E-state index in [0.29, 0.717) is 18.8 Å². The molecular weight excluding hydrogens is 435 g/mol. The van der Waals surface area contributed by atoms with Gasteiger partial charge < -0.3 is 19.7 Å². The summed E-state index contributed by atoms with van der Waals surface area (Å²) in [7, 11) is 0. The van der Waals surface area contributed by atoms with Crippen molar-refractivity contribution in [2.24, 2.45) is 0 Å². The quantitative estimate of drug-likeness (QED) is 0.702. The van der Waals surface area contributed by atoms with Crippen LogP contribution in [0.25, 0.3) is 0 Å². The summed E-state index contributed by atoms with van der Waals surface area (Å²) < 4.78 is 11.9. The van der Waals surface area contributed by atoms with Gasteiger partial charge in [0.1, 0.15) is 11.4 Å². The number of benzene rings is 1. The van der Waals surface area contributed by atoms with E-state index < -0.39 is 11.7 Å². The SMILES string of the molecule is CC(C)(C)OC(=O)N[C@H]1CCCN(C(=O)COc2ccc(I)cc2)C1. The predicted octanol–water partition coefficient (Wildman–Crippen LogP) is 3.19. The maximum absolute atomic E-state index is 12.4. The minimum absolute atomic E-state index is 0.000248. The molecule has 1 fully saturated rings. The first-order valence-electron chi connectivity index (χ1n) is 8.38. The molecule has 1 aliphatic heterocycles. The average molecular weight is 460 g/mol. The third-order valence-electron chi connectivity index (χ3n) is 3.67. The Bertz CT molecular complexity index is 598. The van der Waals surface area contributed by atoms with Crippen molar-refractivity contribution in [1.29, 1.82) is 0 Å². The van der Waals surface area contributed by atoms with Crippen LogP contribution in [0.4, 0.5) is 4.79 Å². The van der Waals surface area contributed by atoms with Gasteiger partial charge >= 0.3 is 6.09 Å². The maximum Gasteiger partial charge on any atom is 0.407 e. The number of amides is 2. The topological polar surface area (TPSA) is 67.9 Å². The van der Waals surface area contributed by atoms with Gasteiger partial charge in [0.05, 0.1) is 0 Å². The number of carbonyl (C=O) groups is 2. The van der Waals surface area contributed by atoms with E-state index in [9.17, 15) is 9.59 Å². The molecule has 138 valence electrons. The molecule has 0 spiro atoms. The summed E-state index contributed by atoms with van der Waals surface area (Å²) in [6, 6.07) is 7.46. The number of nitrogens with zero attached hydrogens (tertiary/aromatic N) is 1. The second-order valence-electron chi connectivity index (χ2n) is 7.07. The molecule has 0 aromatic heterocycles. The van der Waals surface area contributed by atoms with Crippen molar-refractivity contribution in [2.45, 2.75) is 45.3 Å². The summed E-state index contributed by atoms with van der Waals surface area (Å²) in [5, 5.41) is 2.84. The van der Waals surface area contributed by atoms with Crippen molar-refractivity contribution < 1.29 is 19.1 Å². The van der Waals surface area contributed by atoms with Crippen LogP contribution in [-0.2, 0) is 9.53 Å². The number of halogens is 1. The van der Waals surface area contributed by atoms with E-state index in [4.69, 9.17) is 9.47 Å². The molecule has 2 amide bonds. The van der Waals surface area contributed by atoms with Gasteiger partial charge in [-0.3, -0.25) is 4.79 Å². The summed E-state index contributed by atoms with van der Waals surface area (Å²) >= 11 is 2.22. The molecule has 1 atom stereocenters. The van der Waals surface area contributed by atoms with E-state index >= 15 is 0 Å². The first kappa shape index (κ1) is 19.8. The Labute approximate surface area is 162 Å². The van der Waals surface area contributed by atoms with Crippen molar-refractivity contribution in [3.8, 4) is 5.75 Å². The van der Waals surface area contributed by atoms with Crippen LogP contribution in [0.15, 0.2) is 24.3 Å². The number of hydrogen-bond donors (Lipinski definition) is 1. The normalized spacial score (nSPS) is 17.8. The summed E-state index contributed by atoms with van der Waals surface area (Å²) in [5.41, 5.74) is -0.532. The van der Waals surface area contributed by atoms with Gasteiger partial charge in [-0.15, -0.1) is 0 Å². The number of piperidine rings is 1. The average Bonchev–Trinajstić information content (AvgIpc) is 2.52. The molecular formula is C18H25IN2O4. The third-order valence-corrected chi connectivity index (χ3v) is 4.39. The Morgan fingerprint density at radius 3 is 2.60 bits per heavy atom. The summed E-state index contributed by atoms with van der Waals surface area (Å²) in [6.45, 7) is 6.64. The molecule has 1 N–H and O–H groups in total. The minimum atomic E-state index is -0.532. The molecule has 6 nitrogen and oxygen atoms in total. The second kappa shape index (κ2) is 8.73. The van der Waals surface area contributed by atoms with Crippen molar-refractivity contribution in [3.63, 3.8) is 0 Å². The molecule has 0 aliphatic carbocycles. The molecule has 0 radical (unpaired) electrons. The summed E-state index contributed by atoms with van der Waals surface area (Å²) in [5.74, 6) is 0.600. The van der Waals surface area contributed by atoms with Crippen LogP contribution >= 0.6 is 22.6 Å². The highest BCUT2D eigenvalue weighted by Crippen LogP contribution is 2.15. The number of carbonyl (C=O) groups excluding carboxylic acids is 2. The van der Waals surface area contributed by atoms with Crippen LogP contribution in [0, 0.1) is 3.57 Å². The molecule has 1 saturated heterocycles. The van der Waals surface area contributed by atoms with Crippen LogP contribution in [0.1, 0.15) is 33.6 Å². The Kier molecular flexibility index (Phi) is 6.92. The van der Waals surface area contributed by atoms with Gasteiger partial charge in [0, 0.05) is 22.7 Å². The Balaban J connectivity index is 1.80. The zero-order chi connectivity index (χ0) is 18.4. The molecule has 0 saturated carbocycles. The van der Waals surface area contributed by atoms with E-state index in [1.807, 2.05) is 45.0 Å². The number of alkyl carbamates (subject to hydrolysis) is 1.